The molecule has 0 aliphatic heterocycles. The predicted molar refractivity (Wildman–Crippen MR) is 65.6 cm³/mol. The Bertz CT molecular complexity index is 401. The molecule has 1 atom stereocenters. The van der Waals surface area contributed by atoms with Crippen molar-refractivity contribution in [1.82, 2.24) is 0 Å². The molecule has 0 spiro atoms. The summed E-state index contributed by atoms with van der Waals surface area (Å²) in [4.78, 5) is 0. The van der Waals surface area contributed by atoms with Crippen LogP contribution in [0.2, 0.25) is 0 Å². The van der Waals surface area contributed by atoms with Gasteiger partial charge in [0.1, 0.15) is 6.61 Å². The zero-order chi connectivity index (χ0) is 14.5. The first kappa shape index (κ1) is 16.4. The van der Waals surface area contributed by atoms with Crippen LogP contribution in [0.3, 0.4) is 0 Å². The molecule has 0 saturated carbocycles. The number of aliphatic hydroxyl groups excluding tert-OH is 1. The van der Waals surface area contributed by atoms with Gasteiger partial charge in [-0.2, -0.15) is 8.78 Å². The van der Waals surface area contributed by atoms with Gasteiger partial charge < -0.3 is 9.84 Å². The third kappa shape index (κ3) is 5.88. The molecule has 0 saturated heterocycles. The second kappa shape index (κ2) is 7.21. The molecule has 0 aliphatic rings. The Morgan fingerprint density at radius 1 is 1.32 bits per heavy atom. The van der Waals surface area contributed by atoms with Gasteiger partial charge in [0.15, 0.2) is 0 Å². The van der Waals surface area contributed by atoms with E-state index in [-0.39, 0.29) is 6.42 Å². The normalized spacial score (nSPS) is 13.8. The lowest BCUT2D eigenvalue weighted by atomic mass is 10.1. The summed E-state index contributed by atoms with van der Waals surface area (Å²) in [6, 6.07) is 7.08. The summed E-state index contributed by atoms with van der Waals surface area (Å²) in [7, 11) is 0. The Labute approximate surface area is 116 Å². The Morgan fingerprint density at radius 2 is 2.00 bits per heavy atom. The fraction of sp³-hybridized carbons (Fsp3) is 0.500. The van der Waals surface area contributed by atoms with E-state index in [1.165, 1.54) is 0 Å². The van der Waals surface area contributed by atoms with Crippen molar-refractivity contribution in [3.8, 4) is 0 Å². The van der Waals surface area contributed by atoms with Crippen molar-refractivity contribution >= 4 is 15.9 Å². The maximum absolute atomic E-state index is 12.5. The van der Waals surface area contributed by atoms with Crippen molar-refractivity contribution in [1.29, 1.82) is 0 Å². The van der Waals surface area contributed by atoms with Crippen molar-refractivity contribution in [2.75, 3.05) is 13.2 Å². The molecule has 0 amide bonds. The SMILES string of the molecule is OC(COCC(F)(F)C(F)F)Cc1cccc(Br)c1. The molecule has 0 aliphatic carbocycles. The molecule has 0 fully saturated rings. The minimum absolute atomic E-state index is 0.194. The quantitative estimate of drug-likeness (QED) is 0.769. The highest BCUT2D eigenvalue weighted by atomic mass is 79.9. The van der Waals surface area contributed by atoms with E-state index in [1.807, 2.05) is 0 Å². The minimum atomic E-state index is -4.19. The fourth-order valence-corrected chi connectivity index (χ4v) is 1.84. The van der Waals surface area contributed by atoms with Crippen molar-refractivity contribution in [2.45, 2.75) is 24.9 Å². The first-order valence-electron chi connectivity index (χ1n) is 5.47. The average Bonchev–Trinajstić information content (AvgIpc) is 2.28. The lowest BCUT2D eigenvalue weighted by molar-refractivity contribution is -0.170. The van der Waals surface area contributed by atoms with Crippen LogP contribution < -0.4 is 0 Å². The lowest BCUT2D eigenvalue weighted by Crippen LogP contribution is -2.34. The van der Waals surface area contributed by atoms with Gasteiger partial charge in [-0.25, -0.2) is 8.78 Å². The van der Waals surface area contributed by atoms with E-state index in [1.54, 1.807) is 24.3 Å². The van der Waals surface area contributed by atoms with Gasteiger partial charge in [0.2, 0.25) is 0 Å². The topological polar surface area (TPSA) is 29.5 Å². The maximum atomic E-state index is 12.5. The van der Waals surface area contributed by atoms with Crippen LogP contribution in [0.5, 0.6) is 0 Å². The largest absolute Gasteiger partial charge is 0.390 e. The minimum Gasteiger partial charge on any atom is -0.390 e. The zero-order valence-corrected chi connectivity index (χ0v) is 11.4. The van der Waals surface area contributed by atoms with Crippen LogP contribution in [0, 0.1) is 0 Å². The number of ether oxygens (including phenoxy) is 1. The molecule has 2 nitrogen and oxygen atoms in total. The van der Waals surface area contributed by atoms with Crippen molar-refractivity contribution in [2.24, 2.45) is 0 Å². The van der Waals surface area contributed by atoms with Gasteiger partial charge in [0.05, 0.1) is 12.7 Å². The smallest absolute Gasteiger partial charge is 0.330 e. The molecule has 0 heterocycles. The van der Waals surface area contributed by atoms with E-state index >= 15 is 0 Å². The van der Waals surface area contributed by atoms with Gasteiger partial charge >= 0.3 is 12.3 Å². The van der Waals surface area contributed by atoms with Crippen LogP contribution >= 0.6 is 15.9 Å². The van der Waals surface area contributed by atoms with Crippen LogP contribution in [-0.4, -0.2) is 36.8 Å². The van der Waals surface area contributed by atoms with Crippen LogP contribution in [0.25, 0.3) is 0 Å². The highest BCUT2D eigenvalue weighted by molar-refractivity contribution is 9.10. The Balaban J connectivity index is 2.34. The molecule has 7 heteroatoms. The van der Waals surface area contributed by atoms with Gasteiger partial charge in [-0.15, -0.1) is 0 Å². The molecule has 108 valence electrons. The second-order valence-corrected chi connectivity index (χ2v) is 4.98. The van der Waals surface area contributed by atoms with Crippen LogP contribution in [-0.2, 0) is 11.2 Å². The lowest BCUT2D eigenvalue weighted by Gasteiger charge is -2.17. The molecule has 19 heavy (non-hydrogen) atoms. The van der Waals surface area contributed by atoms with Crippen molar-refractivity contribution < 1.29 is 27.4 Å². The molecular formula is C12H13BrF4O2. The second-order valence-electron chi connectivity index (χ2n) is 4.06. The van der Waals surface area contributed by atoms with E-state index in [9.17, 15) is 22.7 Å². The molecular weight excluding hydrogens is 332 g/mol. The Morgan fingerprint density at radius 3 is 2.58 bits per heavy atom. The van der Waals surface area contributed by atoms with E-state index < -0.39 is 31.7 Å². The van der Waals surface area contributed by atoms with E-state index in [0.717, 1.165) is 10.0 Å². The third-order valence-electron chi connectivity index (χ3n) is 2.28. The summed E-state index contributed by atoms with van der Waals surface area (Å²) in [5.74, 6) is -4.19. The third-order valence-corrected chi connectivity index (χ3v) is 2.78. The monoisotopic (exact) mass is 344 g/mol. The molecule has 1 N–H and O–H groups in total. The average molecular weight is 345 g/mol. The number of hydrogen-bond acceptors (Lipinski definition) is 2. The summed E-state index contributed by atoms with van der Waals surface area (Å²) in [6.07, 6.45) is -4.60. The fourth-order valence-electron chi connectivity index (χ4n) is 1.39. The van der Waals surface area contributed by atoms with Crippen LogP contribution in [0.1, 0.15) is 5.56 Å². The summed E-state index contributed by atoms with van der Waals surface area (Å²) in [5.41, 5.74) is 0.783. The molecule has 1 aromatic carbocycles. The molecule has 1 unspecified atom stereocenters. The maximum Gasteiger partial charge on any atom is 0.330 e. The highest BCUT2D eigenvalue weighted by Crippen LogP contribution is 2.23. The number of halogens is 5. The molecule has 0 bridgehead atoms. The van der Waals surface area contributed by atoms with Crippen molar-refractivity contribution in [3.05, 3.63) is 34.3 Å². The van der Waals surface area contributed by atoms with Gasteiger partial charge in [0.25, 0.3) is 0 Å². The van der Waals surface area contributed by atoms with E-state index in [4.69, 9.17) is 0 Å². The summed E-state index contributed by atoms with van der Waals surface area (Å²) in [6.45, 7) is -1.82. The van der Waals surface area contributed by atoms with Gasteiger partial charge in [-0.05, 0) is 17.7 Å². The number of rotatable bonds is 7. The molecule has 1 aromatic rings. The van der Waals surface area contributed by atoms with Crippen molar-refractivity contribution in [3.63, 3.8) is 0 Å². The van der Waals surface area contributed by atoms with Crippen LogP contribution in [0.4, 0.5) is 17.6 Å². The first-order chi connectivity index (χ1) is 8.81. The van der Waals surface area contributed by atoms with Crippen LogP contribution in [0.15, 0.2) is 28.7 Å². The van der Waals surface area contributed by atoms with E-state index in [2.05, 4.69) is 20.7 Å². The molecule has 0 radical (unpaired) electrons. The first-order valence-corrected chi connectivity index (χ1v) is 6.27. The summed E-state index contributed by atoms with van der Waals surface area (Å²) in [5, 5.41) is 9.56. The molecule has 0 aromatic heterocycles. The Kier molecular flexibility index (Phi) is 6.22. The Hall–Kier alpha value is -0.660. The molecule has 1 rings (SSSR count). The number of benzene rings is 1. The van der Waals surface area contributed by atoms with Gasteiger partial charge in [-0.3, -0.25) is 0 Å². The standard InChI is InChI=1S/C12H13BrF4O2/c13-9-3-1-2-8(4-9)5-10(18)6-19-7-12(16,17)11(14)15/h1-4,10-11,18H,5-7H2. The number of hydrogen-bond donors (Lipinski definition) is 1. The number of alkyl halides is 4. The zero-order valence-electron chi connectivity index (χ0n) is 9.83. The summed E-state index contributed by atoms with van der Waals surface area (Å²) >= 11 is 3.25. The highest BCUT2D eigenvalue weighted by Gasteiger charge is 2.41. The van der Waals surface area contributed by atoms with Gasteiger partial charge in [0, 0.05) is 10.9 Å². The summed E-state index contributed by atoms with van der Waals surface area (Å²) < 4.78 is 53.9. The van der Waals surface area contributed by atoms with E-state index in [0.29, 0.717) is 0 Å². The number of aliphatic hydroxyl groups is 1. The predicted octanol–water partition coefficient (Wildman–Crippen LogP) is 3.27. The van der Waals surface area contributed by atoms with Gasteiger partial charge in [-0.1, -0.05) is 28.1 Å².